The summed E-state index contributed by atoms with van der Waals surface area (Å²) in [6, 6.07) is 4.06. The highest BCUT2D eigenvalue weighted by molar-refractivity contribution is 6.74. The van der Waals surface area contributed by atoms with Gasteiger partial charge in [-0.15, -0.1) is 0 Å². The average Bonchev–Trinajstić information content (AvgIpc) is 2.80. The molecule has 2 aromatic rings. The molecule has 0 aliphatic rings. The number of fused-ring (bicyclic) bond motifs is 1. The molecule has 0 radical (unpaired) electrons. The van der Waals surface area contributed by atoms with Crippen LogP contribution in [-0.2, 0) is 4.43 Å². The molecule has 4 nitrogen and oxygen atoms in total. The molecule has 0 saturated heterocycles. The van der Waals surface area contributed by atoms with Crippen LogP contribution in [0.1, 0.15) is 20.8 Å². The Labute approximate surface area is 122 Å². The second-order valence-electron chi connectivity index (χ2n) is 6.65. The van der Waals surface area contributed by atoms with Crippen molar-refractivity contribution in [2.24, 2.45) is 0 Å². The van der Waals surface area contributed by atoms with E-state index in [4.69, 9.17) is 4.43 Å². The number of imidazole rings is 1. The van der Waals surface area contributed by atoms with Gasteiger partial charge in [-0.2, -0.15) is 0 Å². The third-order valence-electron chi connectivity index (χ3n) is 4.09. The maximum atomic E-state index is 6.15. The molecule has 0 aromatic carbocycles. The molecule has 2 aromatic heterocycles. The van der Waals surface area contributed by atoms with E-state index in [2.05, 4.69) is 56.4 Å². The summed E-state index contributed by atoms with van der Waals surface area (Å²) in [6.45, 7) is 12.9. The van der Waals surface area contributed by atoms with Crippen molar-refractivity contribution >= 4 is 19.7 Å². The van der Waals surface area contributed by atoms with Crippen molar-refractivity contribution in [2.75, 3.05) is 18.5 Å². The Balaban J connectivity index is 1.84. The first-order valence-electron chi connectivity index (χ1n) is 7.10. The van der Waals surface area contributed by atoms with Gasteiger partial charge in [0, 0.05) is 25.1 Å². The summed E-state index contributed by atoms with van der Waals surface area (Å²) in [4.78, 5) is 4.23. The highest BCUT2D eigenvalue weighted by Gasteiger charge is 2.36. The van der Waals surface area contributed by atoms with Crippen LogP contribution < -0.4 is 5.32 Å². The van der Waals surface area contributed by atoms with Crippen LogP contribution in [0.2, 0.25) is 18.1 Å². The quantitative estimate of drug-likeness (QED) is 0.673. The number of anilines is 1. The van der Waals surface area contributed by atoms with Crippen molar-refractivity contribution in [3.63, 3.8) is 0 Å². The average molecular weight is 291 g/mol. The van der Waals surface area contributed by atoms with Crippen LogP contribution in [0.15, 0.2) is 30.7 Å². The Morgan fingerprint density at radius 1 is 1.30 bits per heavy atom. The van der Waals surface area contributed by atoms with Gasteiger partial charge in [-0.3, -0.25) is 0 Å². The predicted molar refractivity (Wildman–Crippen MR) is 86.8 cm³/mol. The normalized spacial score (nSPS) is 12.8. The smallest absolute Gasteiger partial charge is 0.192 e. The Kier molecular flexibility index (Phi) is 4.20. The first kappa shape index (κ1) is 15.1. The molecule has 1 N–H and O–H groups in total. The summed E-state index contributed by atoms with van der Waals surface area (Å²) < 4.78 is 8.16. The number of hydrogen-bond donors (Lipinski definition) is 1. The number of pyridine rings is 1. The summed E-state index contributed by atoms with van der Waals surface area (Å²) in [7, 11) is -1.63. The molecule has 0 fully saturated rings. The van der Waals surface area contributed by atoms with Gasteiger partial charge in [0.2, 0.25) is 0 Å². The molecule has 2 rings (SSSR count). The fourth-order valence-electron chi connectivity index (χ4n) is 1.74. The molecular formula is C15H25N3OSi. The lowest BCUT2D eigenvalue weighted by atomic mass is 10.2. The van der Waals surface area contributed by atoms with Crippen molar-refractivity contribution in [2.45, 2.75) is 38.9 Å². The summed E-state index contributed by atoms with van der Waals surface area (Å²) in [6.07, 6.45) is 5.81. The van der Waals surface area contributed by atoms with Crippen LogP contribution in [0.3, 0.4) is 0 Å². The molecule has 0 amide bonds. The van der Waals surface area contributed by atoms with E-state index < -0.39 is 8.32 Å². The first-order valence-corrected chi connectivity index (χ1v) is 10.0. The molecule has 2 heterocycles. The van der Waals surface area contributed by atoms with Crippen molar-refractivity contribution < 1.29 is 4.43 Å². The van der Waals surface area contributed by atoms with Crippen LogP contribution in [-0.4, -0.2) is 30.9 Å². The maximum Gasteiger partial charge on any atom is 0.192 e. The van der Waals surface area contributed by atoms with Gasteiger partial charge in [-0.1, -0.05) is 20.8 Å². The Morgan fingerprint density at radius 2 is 2.05 bits per heavy atom. The van der Waals surface area contributed by atoms with Crippen molar-refractivity contribution in [3.05, 3.63) is 30.7 Å². The van der Waals surface area contributed by atoms with E-state index in [1.165, 1.54) is 0 Å². The molecule has 0 bridgehead atoms. The van der Waals surface area contributed by atoms with Crippen LogP contribution >= 0.6 is 0 Å². The van der Waals surface area contributed by atoms with E-state index in [9.17, 15) is 0 Å². The SMILES string of the molecule is CC(C)(C)[Si](C)(C)OCCNc1ccc2nccn2c1. The zero-order chi connectivity index (χ0) is 14.8. The minimum Gasteiger partial charge on any atom is -0.415 e. The van der Waals surface area contributed by atoms with E-state index in [0.29, 0.717) is 0 Å². The summed E-state index contributed by atoms with van der Waals surface area (Å²) >= 11 is 0. The highest BCUT2D eigenvalue weighted by Crippen LogP contribution is 2.36. The van der Waals surface area contributed by atoms with Crippen molar-refractivity contribution in [1.82, 2.24) is 9.38 Å². The zero-order valence-corrected chi connectivity index (χ0v) is 14.1. The van der Waals surface area contributed by atoms with Crippen molar-refractivity contribution in [3.8, 4) is 0 Å². The Hall–Kier alpha value is -1.33. The van der Waals surface area contributed by atoms with E-state index in [0.717, 1.165) is 24.5 Å². The second-order valence-corrected chi connectivity index (χ2v) is 11.5. The molecular weight excluding hydrogens is 266 g/mol. The number of hydrogen-bond acceptors (Lipinski definition) is 3. The molecule has 0 unspecified atom stereocenters. The van der Waals surface area contributed by atoms with Crippen LogP contribution in [0, 0.1) is 0 Å². The molecule has 0 spiro atoms. The van der Waals surface area contributed by atoms with Gasteiger partial charge in [-0.05, 0) is 30.3 Å². The largest absolute Gasteiger partial charge is 0.415 e. The third kappa shape index (κ3) is 3.40. The fourth-order valence-corrected chi connectivity index (χ4v) is 2.79. The molecule has 0 atom stereocenters. The van der Waals surface area contributed by atoms with Gasteiger partial charge in [0.05, 0.1) is 12.3 Å². The van der Waals surface area contributed by atoms with E-state index in [-0.39, 0.29) is 5.04 Å². The van der Waals surface area contributed by atoms with E-state index >= 15 is 0 Å². The molecule has 0 saturated carbocycles. The maximum absolute atomic E-state index is 6.15. The lowest BCUT2D eigenvalue weighted by Gasteiger charge is -2.36. The number of aromatic nitrogens is 2. The number of rotatable bonds is 5. The van der Waals surface area contributed by atoms with Gasteiger partial charge in [-0.25, -0.2) is 4.98 Å². The third-order valence-corrected chi connectivity index (χ3v) is 8.63. The summed E-state index contributed by atoms with van der Waals surface area (Å²) in [5.41, 5.74) is 2.06. The lowest BCUT2D eigenvalue weighted by Crippen LogP contribution is -2.41. The molecule has 0 aliphatic heterocycles. The lowest BCUT2D eigenvalue weighted by molar-refractivity contribution is 0.301. The standard InChI is InChI=1S/C15H25N3OSi/c1-15(2,3)20(4,5)19-11-9-16-13-6-7-14-17-8-10-18(14)12-13/h6-8,10,12,16H,9,11H2,1-5H3. The molecule has 5 heteroatoms. The molecule has 110 valence electrons. The zero-order valence-electron chi connectivity index (χ0n) is 13.1. The Bertz CT molecular complexity index is 572. The van der Waals surface area contributed by atoms with E-state index in [1.807, 2.05) is 16.7 Å². The van der Waals surface area contributed by atoms with Crippen molar-refractivity contribution in [1.29, 1.82) is 0 Å². The Morgan fingerprint density at radius 3 is 2.75 bits per heavy atom. The molecule has 20 heavy (non-hydrogen) atoms. The van der Waals surface area contributed by atoms with Crippen LogP contribution in [0.5, 0.6) is 0 Å². The minimum atomic E-state index is -1.63. The number of nitrogens with zero attached hydrogens (tertiary/aromatic N) is 2. The minimum absolute atomic E-state index is 0.267. The summed E-state index contributed by atoms with van der Waals surface area (Å²) in [5.74, 6) is 0. The second kappa shape index (κ2) is 5.58. The van der Waals surface area contributed by atoms with Gasteiger partial charge in [0.15, 0.2) is 8.32 Å². The van der Waals surface area contributed by atoms with Crippen LogP contribution in [0.4, 0.5) is 5.69 Å². The van der Waals surface area contributed by atoms with Gasteiger partial charge >= 0.3 is 0 Å². The van der Waals surface area contributed by atoms with Gasteiger partial charge in [0.25, 0.3) is 0 Å². The highest BCUT2D eigenvalue weighted by atomic mass is 28.4. The molecule has 0 aliphatic carbocycles. The number of nitrogens with one attached hydrogen (secondary N) is 1. The van der Waals surface area contributed by atoms with Gasteiger partial charge in [0.1, 0.15) is 5.65 Å². The van der Waals surface area contributed by atoms with E-state index in [1.54, 1.807) is 6.20 Å². The topological polar surface area (TPSA) is 38.6 Å². The van der Waals surface area contributed by atoms with Crippen LogP contribution in [0.25, 0.3) is 5.65 Å². The monoisotopic (exact) mass is 291 g/mol. The first-order chi connectivity index (χ1) is 9.29. The summed E-state index contributed by atoms with van der Waals surface area (Å²) in [5, 5.41) is 3.67. The fraction of sp³-hybridized carbons (Fsp3) is 0.533. The predicted octanol–water partition coefficient (Wildman–Crippen LogP) is 3.77. The van der Waals surface area contributed by atoms with Gasteiger partial charge < -0.3 is 14.1 Å².